The lowest BCUT2D eigenvalue weighted by molar-refractivity contribution is -0.121. The van der Waals surface area contributed by atoms with Crippen molar-refractivity contribution in [2.45, 2.75) is 13.5 Å². The van der Waals surface area contributed by atoms with Crippen molar-refractivity contribution in [2.24, 2.45) is 0 Å². The zero-order chi connectivity index (χ0) is 23.9. The van der Waals surface area contributed by atoms with Crippen LogP contribution in [-0.2, 0) is 11.3 Å². The van der Waals surface area contributed by atoms with Crippen molar-refractivity contribution in [3.8, 4) is 5.75 Å². The minimum Gasteiger partial charge on any atom is -0.497 e. The van der Waals surface area contributed by atoms with E-state index in [0.29, 0.717) is 35.8 Å². The van der Waals surface area contributed by atoms with Crippen molar-refractivity contribution in [1.82, 2.24) is 24.8 Å². The first-order valence-corrected chi connectivity index (χ1v) is 10.7. The van der Waals surface area contributed by atoms with E-state index in [9.17, 15) is 9.59 Å². The molecule has 1 amide bonds. The number of carbonyl (C=O) groups is 1. The molecule has 10 heteroatoms. The number of nitrogens with zero attached hydrogens (tertiary/aromatic N) is 4. The Bertz CT molecular complexity index is 1350. The second-order valence-corrected chi connectivity index (χ2v) is 7.54. The summed E-state index contributed by atoms with van der Waals surface area (Å²) in [6, 6.07) is 16.4. The number of hydrogen-bond acceptors (Lipinski definition) is 8. The van der Waals surface area contributed by atoms with Gasteiger partial charge in [-0.05, 0) is 43.3 Å². The lowest BCUT2D eigenvalue weighted by Gasteiger charge is -2.11. The number of aryl methyl sites for hydroxylation is 1. The topological polar surface area (TPSA) is 123 Å². The Morgan fingerprint density at radius 3 is 2.65 bits per heavy atom. The summed E-state index contributed by atoms with van der Waals surface area (Å²) in [5.74, 6) is 1.58. The van der Waals surface area contributed by atoms with E-state index in [1.54, 1.807) is 25.3 Å². The summed E-state index contributed by atoms with van der Waals surface area (Å²) < 4.78 is 6.47. The highest BCUT2D eigenvalue weighted by molar-refractivity contribution is 5.78. The van der Waals surface area contributed by atoms with Crippen LogP contribution in [0.15, 0.2) is 65.7 Å². The number of methoxy groups -OCH3 is 1. The number of rotatable bonds is 9. The zero-order valence-corrected chi connectivity index (χ0v) is 18.9. The van der Waals surface area contributed by atoms with Crippen molar-refractivity contribution >= 4 is 34.3 Å². The molecular formula is C24H25N7O3. The molecule has 34 heavy (non-hydrogen) atoms. The maximum Gasteiger partial charge on any atom is 0.261 e. The van der Waals surface area contributed by atoms with Crippen LogP contribution in [0.5, 0.6) is 5.75 Å². The number of benzene rings is 2. The molecule has 0 bridgehead atoms. The highest BCUT2D eigenvalue weighted by Crippen LogP contribution is 2.19. The smallest absolute Gasteiger partial charge is 0.261 e. The Morgan fingerprint density at radius 2 is 1.85 bits per heavy atom. The van der Waals surface area contributed by atoms with E-state index in [-0.39, 0.29) is 18.0 Å². The van der Waals surface area contributed by atoms with Crippen LogP contribution in [0, 0.1) is 6.92 Å². The summed E-state index contributed by atoms with van der Waals surface area (Å²) in [7, 11) is 1.62. The molecule has 10 nitrogen and oxygen atoms in total. The standard InChI is InChI=1S/C24H25N7O3/c1-16-13-21(29-17-7-9-18(34-2)10-8-17)30-24(28-16)26-12-11-25-22(32)14-31-15-27-20-6-4-3-5-19(20)23(31)33/h3-10,13,15H,11-12,14H2,1-2H3,(H,25,32)(H2,26,28,29,30). The van der Waals surface area contributed by atoms with Gasteiger partial charge >= 0.3 is 0 Å². The summed E-state index contributed by atoms with van der Waals surface area (Å²) in [6.45, 7) is 2.53. The number of para-hydroxylation sites is 1. The first-order valence-electron chi connectivity index (χ1n) is 10.7. The molecule has 2 aromatic carbocycles. The molecule has 0 saturated carbocycles. The van der Waals surface area contributed by atoms with E-state index >= 15 is 0 Å². The minimum atomic E-state index is -0.284. The van der Waals surface area contributed by atoms with Crippen molar-refractivity contribution in [3.05, 3.63) is 77.0 Å². The van der Waals surface area contributed by atoms with Crippen LogP contribution >= 0.6 is 0 Å². The molecule has 0 radical (unpaired) electrons. The van der Waals surface area contributed by atoms with E-state index < -0.39 is 0 Å². The number of ether oxygens (including phenoxy) is 1. The van der Waals surface area contributed by atoms with E-state index in [1.165, 1.54) is 10.9 Å². The largest absolute Gasteiger partial charge is 0.497 e. The molecule has 3 N–H and O–H groups in total. The number of fused-ring (bicyclic) bond motifs is 1. The number of aromatic nitrogens is 4. The Morgan fingerprint density at radius 1 is 1.06 bits per heavy atom. The van der Waals surface area contributed by atoms with Crippen LogP contribution in [-0.4, -0.2) is 45.6 Å². The highest BCUT2D eigenvalue weighted by Gasteiger charge is 2.08. The van der Waals surface area contributed by atoms with Crippen molar-refractivity contribution in [1.29, 1.82) is 0 Å². The molecule has 0 unspecified atom stereocenters. The van der Waals surface area contributed by atoms with Crippen LogP contribution in [0.1, 0.15) is 5.69 Å². The number of anilines is 3. The van der Waals surface area contributed by atoms with E-state index in [4.69, 9.17) is 4.74 Å². The number of nitrogens with one attached hydrogen (secondary N) is 3. The molecule has 4 rings (SSSR count). The average Bonchev–Trinajstić information content (AvgIpc) is 2.84. The predicted molar refractivity (Wildman–Crippen MR) is 131 cm³/mol. The van der Waals surface area contributed by atoms with Crippen LogP contribution in [0.25, 0.3) is 10.9 Å². The Balaban J connectivity index is 1.29. The number of amides is 1. The van der Waals surface area contributed by atoms with Gasteiger partial charge in [0.05, 0.1) is 24.3 Å². The maximum absolute atomic E-state index is 12.5. The molecule has 2 aromatic heterocycles. The molecule has 4 aromatic rings. The predicted octanol–water partition coefficient (Wildman–Crippen LogP) is 2.48. The quantitative estimate of drug-likeness (QED) is 0.326. The molecular weight excluding hydrogens is 434 g/mol. The molecule has 0 spiro atoms. The summed E-state index contributed by atoms with van der Waals surface area (Å²) >= 11 is 0. The van der Waals surface area contributed by atoms with Gasteiger partial charge in [0, 0.05) is 30.5 Å². The van der Waals surface area contributed by atoms with Crippen LogP contribution < -0.4 is 26.2 Å². The number of hydrogen-bond donors (Lipinski definition) is 3. The average molecular weight is 460 g/mol. The first kappa shape index (κ1) is 22.7. The third-order valence-corrected chi connectivity index (χ3v) is 4.99. The fourth-order valence-electron chi connectivity index (χ4n) is 3.34. The molecule has 0 saturated heterocycles. The van der Waals surface area contributed by atoms with Crippen LogP contribution in [0.4, 0.5) is 17.5 Å². The molecule has 0 aliphatic rings. The van der Waals surface area contributed by atoms with E-state index in [2.05, 4.69) is 30.9 Å². The summed E-state index contributed by atoms with van der Waals surface area (Å²) in [5.41, 5.74) is 2.02. The Kier molecular flexibility index (Phi) is 6.97. The fraction of sp³-hybridized carbons (Fsp3) is 0.208. The third-order valence-electron chi connectivity index (χ3n) is 4.99. The molecule has 0 fully saturated rings. The molecule has 174 valence electrons. The van der Waals surface area contributed by atoms with Gasteiger partial charge in [-0.15, -0.1) is 0 Å². The first-order chi connectivity index (χ1) is 16.5. The van der Waals surface area contributed by atoms with Crippen molar-refractivity contribution in [2.75, 3.05) is 30.8 Å². The van der Waals surface area contributed by atoms with Gasteiger partial charge in [0.2, 0.25) is 11.9 Å². The third kappa shape index (κ3) is 5.66. The monoisotopic (exact) mass is 459 g/mol. The molecule has 0 atom stereocenters. The highest BCUT2D eigenvalue weighted by atomic mass is 16.5. The molecule has 0 aliphatic carbocycles. The van der Waals surface area contributed by atoms with E-state index in [0.717, 1.165) is 17.1 Å². The maximum atomic E-state index is 12.5. The van der Waals surface area contributed by atoms with Gasteiger partial charge < -0.3 is 20.7 Å². The van der Waals surface area contributed by atoms with Gasteiger partial charge in [-0.25, -0.2) is 9.97 Å². The minimum absolute atomic E-state index is 0.104. The normalized spacial score (nSPS) is 10.6. The Hall–Kier alpha value is -4.47. The van der Waals surface area contributed by atoms with Gasteiger partial charge in [-0.2, -0.15) is 4.98 Å². The van der Waals surface area contributed by atoms with Gasteiger partial charge in [-0.1, -0.05) is 12.1 Å². The van der Waals surface area contributed by atoms with E-state index in [1.807, 2.05) is 43.3 Å². The summed E-state index contributed by atoms with van der Waals surface area (Å²) in [4.78, 5) is 37.9. The fourth-order valence-corrected chi connectivity index (χ4v) is 3.34. The second-order valence-electron chi connectivity index (χ2n) is 7.54. The van der Waals surface area contributed by atoms with Crippen molar-refractivity contribution in [3.63, 3.8) is 0 Å². The second kappa shape index (κ2) is 10.4. The van der Waals surface area contributed by atoms with Crippen LogP contribution in [0.3, 0.4) is 0 Å². The molecule has 0 aliphatic heterocycles. The van der Waals surface area contributed by atoms with Gasteiger partial charge in [0.25, 0.3) is 5.56 Å². The summed E-state index contributed by atoms with van der Waals surface area (Å²) in [6.07, 6.45) is 1.39. The zero-order valence-electron chi connectivity index (χ0n) is 18.9. The van der Waals surface area contributed by atoms with Gasteiger partial charge in [0.1, 0.15) is 18.1 Å². The SMILES string of the molecule is COc1ccc(Nc2cc(C)nc(NCCNC(=O)Cn3cnc4ccccc4c3=O)n2)cc1. The van der Waals surface area contributed by atoms with Crippen LogP contribution in [0.2, 0.25) is 0 Å². The number of carbonyl (C=O) groups excluding carboxylic acids is 1. The van der Waals surface area contributed by atoms with Gasteiger partial charge in [-0.3, -0.25) is 14.2 Å². The van der Waals surface area contributed by atoms with Gasteiger partial charge in [0.15, 0.2) is 0 Å². The Labute approximate surface area is 196 Å². The lowest BCUT2D eigenvalue weighted by Crippen LogP contribution is -2.35. The lowest BCUT2D eigenvalue weighted by atomic mass is 10.2. The van der Waals surface area contributed by atoms with Crippen molar-refractivity contribution < 1.29 is 9.53 Å². The molecule has 2 heterocycles. The summed E-state index contributed by atoms with van der Waals surface area (Å²) in [5, 5.41) is 9.61.